The number of carbonyl (C=O) groups excluding carboxylic acids is 1. The van der Waals surface area contributed by atoms with E-state index in [9.17, 15) is 13.2 Å². The van der Waals surface area contributed by atoms with Gasteiger partial charge in [-0.25, -0.2) is 8.42 Å². The van der Waals surface area contributed by atoms with Crippen molar-refractivity contribution in [3.63, 3.8) is 0 Å². The van der Waals surface area contributed by atoms with Crippen molar-refractivity contribution >= 4 is 37.6 Å². The minimum Gasteiger partial charge on any atom is -0.361 e. The molecule has 0 aliphatic heterocycles. The van der Waals surface area contributed by atoms with Crippen LogP contribution in [0.4, 0.5) is 0 Å². The summed E-state index contributed by atoms with van der Waals surface area (Å²) < 4.78 is 28.8. The van der Waals surface area contributed by atoms with E-state index in [2.05, 4.69) is 11.1 Å². The third kappa shape index (κ3) is 6.05. The molecule has 39 heavy (non-hydrogen) atoms. The van der Waals surface area contributed by atoms with Crippen LogP contribution in [0, 0.1) is 0 Å². The number of benzene rings is 4. The van der Waals surface area contributed by atoms with Crippen LogP contribution in [0.3, 0.4) is 0 Å². The molecule has 1 aromatic heterocycles. The number of hydrogen-bond acceptors (Lipinski definition) is 3. The Morgan fingerprint density at radius 2 is 1.54 bits per heavy atom. The quantitative estimate of drug-likeness (QED) is 0.224. The van der Waals surface area contributed by atoms with Crippen LogP contribution in [0.1, 0.15) is 24.5 Å². The van der Waals surface area contributed by atoms with Crippen molar-refractivity contribution in [1.29, 1.82) is 0 Å². The third-order valence-electron chi connectivity index (χ3n) is 7.04. The number of aromatic amines is 1. The zero-order valence-corrected chi connectivity index (χ0v) is 22.9. The Balaban J connectivity index is 1.39. The Morgan fingerprint density at radius 1 is 0.821 bits per heavy atom. The normalized spacial score (nSPS) is 11.8. The molecule has 200 valence electrons. The van der Waals surface area contributed by atoms with Crippen molar-refractivity contribution < 1.29 is 13.2 Å². The average molecular weight is 540 g/mol. The fraction of sp³-hybridized carbons (Fsp3) is 0.219. The van der Waals surface area contributed by atoms with Gasteiger partial charge in [0, 0.05) is 36.7 Å². The summed E-state index contributed by atoms with van der Waals surface area (Å²) in [4.78, 5) is 19.0. The highest BCUT2D eigenvalue weighted by Gasteiger charge is 2.28. The van der Waals surface area contributed by atoms with Crippen LogP contribution in [-0.4, -0.2) is 48.1 Å². The number of hydrogen-bond donors (Lipinski definition) is 1. The van der Waals surface area contributed by atoms with Gasteiger partial charge in [0.05, 0.1) is 11.4 Å². The van der Waals surface area contributed by atoms with E-state index in [0.717, 1.165) is 32.8 Å². The van der Waals surface area contributed by atoms with E-state index < -0.39 is 10.0 Å². The van der Waals surface area contributed by atoms with Gasteiger partial charge in [0.15, 0.2) is 0 Å². The highest BCUT2D eigenvalue weighted by atomic mass is 32.2. The van der Waals surface area contributed by atoms with Crippen LogP contribution in [0.5, 0.6) is 0 Å². The summed E-state index contributed by atoms with van der Waals surface area (Å²) in [6.07, 6.45) is 3.26. The maximum atomic E-state index is 13.8. The van der Waals surface area contributed by atoms with E-state index in [1.807, 2.05) is 92.0 Å². The van der Waals surface area contributed by atoms with Gasteiger partial charge in [-0.1, -0.05) is 85.8 Å². The number of rotatable bonds is 11. The maximum absolute atomic E-state index is 13.8. The summed E-state index contributed by atoms with van der Waals surface area (Å²) in [5, 5.41) is 2.96. The molecule has 1 N–H and O–H groups in total. The van der Waals surface area contributed by atoms with Crippen LogP contribution in [0.25, 0.3) is 21.7 Å². The molecule has 0 saturated carbocycles. The number of fused-ring (bicyclic) bond motifs is 2. The average Bonchev–Trinajstić information content (AvgIpc) is 3.38. The van der Waals surface area contributed by atoms with Crippen molar-refractivity contribution in [2.75, 3.05) is 19.6 Å². The topological polar surface area (TPSA) is 73.5 Å². The first-order chi connectivity index (χ1) is 19.0. The lowest BCUT2D eigenvalue weighted by Gasteiger charge is -2.27. The first kappa shape index (κ1) is 26.7. The second kappa shape index (κ2) is 11.8. The van der Waals surface area contributed by atoms with Crippen LogP contribution in [-0.2, 0) is 27.8 Å². The van der Waals surface area contributed by atoms with Crippen LogP contribution >= 0.6 is 0 Å². The van der Waals surface area contributed by atoms with Gasteiger partial charge in [0.2, 0.25) is 15.9 Å². The molecule has 0 aliphatic carbocycles. The molecule has 5 aromatic rings. The summed E-state index contributed by atoms with van der Waals surface area (Å²) in [6, 6.07) is 30.7. The predicted molar refractivity (Wildman–Crippen MR) is 157 cm³/mol. The monoisotopic (exact) mass is 539 g/mol. The molecule has 5 rings (SSSR count). The van der Waals surface area contributed by atoms with E-state index in [0.29, 0.717) is 25.9 Å². The van der Waals surface area contributed by atoms with Crippen molar-refractivity contribution in [2.45, 2.75) is 31.2 Å². The SMILES string of the molecule is CCCN(CC(=O)N(CCc1c[nH]c2ccccc12)Cc1ccccc1)S(=O)(=O)c1ccc2ccccc2c1. The summed E-state index contributed by atoms with van der Waals surface area (Å²) in [5.74, 6) is -0.212. The second-order valence-corrected chi connectivity index (χ2v) is 11.7. The fourth-order valence-electron chi connectivity index (χ4n) is 4.95. The van der Waals surface area contributed by atoms with Gasteiger partial charge in [-0.3, -0.25) is 4.79 Å². The molecule has 0 fully saturated rings. The van der Waals surface area contributed by atoms with Crippen molar-refractivity contribution in [3.8, 4) is 0 Å². The minimum absolute atomic E-state index is 0.204. The molecule has 1 heterocycles. The molecule has 0 spiro atoms. The number of aromatic nitrogens is 1. The molecule has 7 heteroatoms. The zero-order valence-electron chi connectivity index (χ0n) is 22.1. The highest BCUT2D eigenvalue weighted by Crippen LogP contribution is 2.23. The molecule has 0 bridgehead atoms. The molecule has 0 radical (unpaired) electrons. The zero-order chi connectivity index (χ0) is 27.2. The molecule has 4 aromatic carbocycles. The van der Waals surface area contributed by atoms with E-state index >= 15 is 0 Å². The number of sulfonamides is 1. The summed E-state index contributed by atoms with van der Waals surface area (Å²) >= 11 is 0. The number of H-pyrrole nitrogens is 1. The maximum Gasteiger partial charge on any atom is 0.243 e. The van der Waals surface area contributed by atoms with Crippen LogP contribution in [0.15, 0.2) is 108 Å². The van der Waals surface area contributed by atoms with Crippen molar-refractivity contribution in [3.05, 3.63) is 114 Å². The molecule has 1 amide bonds. The standard InChI is InChI=1S/C32H33N3O3S/c1-2-19-35(39(37,38)29-17-16-26-12-6-7-13-27(26)21-29)24-32(36)34(23-25-10-4-3-5-11-25)20-18-28-22-33-31-15-9-8-14-30(28)31/h3-17,21-22,33H,2,18-20,23-24H2,1H3. The largest absolute Gasteiger partial charge is 0.361 e. The van der Waals surface area contributed by atoms with E-state index in [1.54, 1.807) is 17.0 Å². The Hall–Kier alpha value is -3.94. The minimum atomic E-state index is -3.86. The Labute approximate surface area is 229 Å². The molecule has 0 unspecified atom stereocenters. The van der Waals surface area contributed by atoms with Gasteiger partial charge in [-0.15, -0.1) is 0 Å². The highest BCUT2D eigenvalue weighted by molar-refractivity contribution is 7.89. The van der Waals surface area contributed by atoms with E-state index in [1.165, 1.54) is 4.31 Å². The molecular formula is C32H33N3O3S. The number of carbonyl (C=O) groups is 1. The van der Waals surface area contributed by atoms with Gasteiger partial charge in [0.25, 0.3) is 0 Å². The van der Waals surface area contributed by atoms with Gasteiger partial charge >= 0.3 is 0 Å². The molecule has 0 atom stereocenters. The van der Waals surface area contributed by atoms with Gasteiger partial charge < -0.3 is 9.88 Å². The number of nitrogens with zero attached hydrogens (tertiary/aromatic N) is 2. The van der Waals surface area contributed by atoms with Crippen molar-refractivity contribution in [1.82, 2.24) is 14.2 Å². The smallest absolute Gasteiger partial charge is 0.243 e. The van der Waals surface area contributed by atoms with E-state index in [4.69, 9.17) is 0 Å². The number of para-hydroxylation sites is 1. The van der Waals surface area contributed by atoms with Crippen LogP contribution in [0.2, 0.25) is 0 Å². The van der Waals surface area contributed by atoms with Gasteiger partial charge in [-0.05, 0) is 52.9 Å². The van der Waals surface area contributed by atoms with Gasteiger partial charge in [0.1, 0.15) is 0 Å². The van der Waals surface area contributed by atoms with E-state index in [-0.39, 0.29) is 23.9 Å². The number of nitrogens with one attached hydrogen (secondary N) is 1. The molecular weight excluding hydrogens is 506 g/mol. The Bertz CT molecular complexity index is 1680. The second-order valence-electron chi connectivity index (χ2n) is 9.76. The first-order valence-corrected chi connectivity index (χ1v) is 14.8. The van der Waals surface area contributed by atoms with Gasteiger partial charge in [-0.2, -0.15) is 4.31 Å². The Kier molecular flexibility index (Phi) is 8.10. The lowest BCUT2D eigenvalue weighted by atomic mass is 10.1. The van der Waals surface area contributed by atoms with Crippen molar-refractivity contribution in [2.24, 2.45) is 0 Å². The number of amides is 1. The van der Waals surface area contributed by atoms with Crippen LogP contribution < -0.4 is 0 Å². The summed E-state index contributed by atoms with van der Waals surface area (Å²) in [7, 11) is -3.86. The third-order valence-corrected chi connectivity index (χ3v) is 8.88. The molecule has 0 saturated heterocycles. The summed E-state index contributed by atoms with van der Waals surface area (Å²) in [6.45, 7) is 2.88. The Morgan fingerprint density at radius 3 is 2.33 bits per heavy atom. The summed E-state index contributed by atoms with van der Waals surface area (Å²) in [5.41, 5.74) is 3.19. The first-order valence-electron chi connectivity index (χ1n) is 13.3. The lowest BCUT2D eigenvalue weighted by molar-refractivity contribution is -0.132. The fourth-order valence-corrected chi connectivity index (χ4v) is 6.47. The molecule has 0 aliphatic rings. The predicted octanol–water partition coefficient (Wildman–Crippen LogP) is 5.99. The molecule has 6 nitrogen and oxygen atoms in total. The lowest BCUT2D eigenvalue weighted by Crippen LogP contribution is -2.43.